The van der Waals surface area contributed by atoms with Crippen LogP contribution in [0, 0.1) is 0 Å². The minimum absolute atomic E-state index is 0.143. The van der Waals surface area contributed by atoms with Crippen LogP contribution in [0.5, 0.6) is 0 Å². The number of carboxylic acids is 1. The van der Waals surface area contributed by atoms with Crippen LogP contribution in [0.25, 0.3) is 10.8 Å². The van der Waals surface area contributed by atoms with Crippen LogP contribution in [-0.2, 0) is 56.1 Å². The molecule has 0 saturated heterocycles. The van der Waals surface area contributed by atoms with Crippen LogP contribution in [0.2, 0.25) is 0 Å². The van der Waals surface area contributed by atoms with Gasteiger partial charge in [-0.2, -0.15) is 9.15 Å². The Hall–Kier alpha value is -5.73. The summed E-state index contributed by atoms with van der Waals surface area (Å²) in [5.74, 6) is -0.800. The maximum absolute atomic E-state index is 12.2. The van der Waals surface area contributed by atoms with Crippen LogP contribution in [0.3, 0.4) is 0 Å². The van der Waals surface area contributed by atoms with Gasteiger partial charge in [-0.05, 0) is 130 Å². The number of para-hydroxylation sites is 1. The molecule has 23 heteroatoms. The Morgan fingerprint density at radius 1 is 0.588 bits per heavy atom. The Morgan fingerprint density at radius 2 is 1.11 bits per heavy atom. The van der Waals surface area contributed by atoms with E-state index in [1.54, 1.807) is 36.6 Å². The molecule has 0 spiro atoms. The molecule has 5 aromatic rings. The molecule has 4 N–H and O–H groups in total. The lowest BCUT2D eigenvalue weighted by Gasteiger charge is -2.20. The summed E-state index contributed by atoms with van der Waals surface area (Å²) < 4.78 is 144. The topological polar surface area (TPSA) is 293 Å². The van der Waals surface area contributed by atoms with Crippen LogP contribution in [0.4, 0.5) is 22.7 Å². The van der Waals surface area contributed by atoms with Crippen molar-refractivity contribution in [3.05, 3.63) is 120 Å². The fourth-order valence-electron chi connectivity index (χ4n) is 9.83. The molecule has 0 aliphatic carbocycles. The number of benzene rings is 5. The third-order valence-corrected chi connectivity index (χ3v) is 18.1. The molecule has 0 aromatic heterocycles. The van der Waals surface area contributed by atoms with E-state index >= 15 is 0 Å². The fourth-order valence-corrected chi connectivity index (χ4v) is 12.0. The second-order valence-electron chi connectivity index (χ2n) is 20.3. The number of carboxylic acid groups (broad SMARTS) is 1. The zero-order valence-corrected chi connectivity index (χ0v) is 50.7. The van der Waals surface area contributed by atoms with Crippen molar-refractivity contribution in [1.29, 1.82) is 0 Å². The molecule has 2 heterocycles. The molecule has 0 unspecified atom stereocenters. The number of anilines is 1. The second kappa shape index (κ2) is 27.8. The van der Waals surface area contributed by atoms with Crippen molar-refractivity contribution < 1.29 is 76.2 Å². The molecule has 19 nitrogen and oxygen atoms in total. The Kier molecular flexibility index (Phi) is 23.2. The molecule has 80 heavy (non-hydrogen) atoms. The van der Waals surface area contributed by atoms with Crippen LogP contribution in [0.15, 0.2) is 129 Å². The van der Waals surface area contributed by atoms with E-state index in [2.05, 4.69) is 51.4 Å². The number of unbranched alkanes of at least 4 members (excludes halogenated alkanes) is 2. The van der Waals surface area contributed by atoms with Crippen molar-refractivity contribution in [2.75, 3.05) is 51.1 Å². The Balaban J connectivity index is 0.000000278. The van der Waals surface area contributed by atoms with Gasteiger partial charge in [-0.3, -0.25) is 4.79 Å². The number of carbonyl (C=O) groups is 1. The van der Waals surface area contributed by atoms with E-state index in [-0.39, 0.29) is 33.5 Å². The number of fused-ring (bicyclic) bond motifs is 4. The van der Waals surface area contributed by atoms with Crippen LogP contribution < -0.4 is 19.7 Å². The van der Waals surface area contributed by atoms with Crippen LogP contribution in [-0.4, -0.2) is 125 Å². The first-order valence-corrected chi connectivity index (χ1v) is 32.2. The third-order valence-electron chi connectivity index (χ3n) is 14.8. The zero-order valence-electron chi connectivity index (χ0n) is 47.5. The van der Waals surface area contributed by atoms with Gasteiger partial charge in [0.2, 0.25) is 17.1 Å². The first kappa shape index (κ1) is 66.8. The lowest BCUT2D eigenvalue weighted by molar-refractivity contribution is -0.894. The van der Waals surface area contributed by atoms with Gasteiger partial charge in [0.05, 0.1) is 69.7 Å². The molecular weight excluding hydrogens is 1110 g/mol. The highest BCUT2D eigenvalue weighted by molar-refractivity contribution is 7.86. The standard InChI is InChI=1S/C24H28N2O5S.C21H19NO9S3.2C6H15N/c1-24(2)20-17-19(32(29,30)31)12-13-21(20)26(16-8-4-7-11-23(27)28)22(24)14-15-25-18-9-5-3-6-10-18;1-12-21(2,3)20-16-8-7-15(33(26,27)28)10-17(16)19(34(29,30)31)11-18(20)22(12)13-5-4-6-14(9-13)32(23,24)25;2*1-4-7(5-2)6-3/h3,5-6,9-10,12-15,17H,4,7-8,11,16H2,1-2H3,(H2,27,28,29,30,31);4-11H,1-3H3,(H2-,23,24,25,26,27,28,29,30,31);2*4-6H2,1-3H3. The average Bonchev–Trinajstić information content (AvgIpc) is 3.73. The summed E-state index contributed by atoms with van der Waals surface area (Å²) in [6.45, 7) is 31.0. The van der Waals surface area contributed by atoms with Crippen LogP contribution in [0.1, 0.15) is 113 Å². The maximum Gasteiger partial charge on any atom is 0.303 e. The van der Waals surface area contributed by atoms with Gasteiger partial charge in [0.25, 0.3) is 0 Å². The molecule has 0 atom stereocenters. The molecule has 0 radical (unpaired) electrons. The lowest BCUT2D eigenvalue weighted by atomic mass is 9.80. The molecule has 0 bridgehead atoms. The normalized spacial score (nSPS) is 14.8. The van der Waals surface area contributed by atoms with E-state index in [9.17, 15) is 56.7 Å². The summed E-state index contributed by atoms with van der Waals surface area (Å²) in [6.07, 6.45) is 6.12. The van der Waals surface area contributed by atoms with Gasteiger partial charge in [0.15, 0.2) is 11.4 Å². The summed E-state index contributed by atoms with van der Waals surface area (Å²) in [4.78, 5) is 12.0. The number of quaternary nitrogens is 2. The van der Waals surface area contributed by atoms with Crippen molar-refractivity contribution in [1.82, 2.24) is 4.58 Å². The van der Waals surface area contributed by atoms with Gasteiger partial charge in [-0.15, -0.1) is 0 Å². The highest BCUT2D eigenvalue weighted by Gasteiger charge is 2.47. The Morgan fingerprint density at radius 3 is 1.61 bits per heavy atom. The predicted molar refractivity (Wildman–Crippen MR) is 307 cm³/mol. The first-order chi connectivity index (χ1) is 37.2. The Bertz CT molecular complexity index is 3550. The minimum atomic E-state index is -5.13. The molecule has 0 saturated carbocycles. The smallest absolute Gasteiger partial charge is 0.303 e. The number of rotatable bonds is 20. The van der Waals surface area contributed by atoms with Crippen LogP contribution >= 0.6 is 0 Å². The fraction of sp³-hybridized carbons (Fsp3) is 0.421. The number of nitrogens with zero attached hydrogens (tertiary/aromatic N) is 2. The minimum Gasteiger partial charge on any atom is -0.744 e. The van der Waals surface area contributed by atoms with Gasteiger partial charge >= 0.3 is 5.97 Å². The summed E-state index contributed by atoms with van der Waals surface area (Å²) in [5.41, 5.74) is 3.85. The first-order valence-electron chi connectivity index (χ1n) is 26.6. The molecule has 2 aliphatic heterocycles. The van der Waals surface area contributed by atoms with Gasteiger partial charge in [0.1, 0.15) is 47.0 Å². The SMILES string of the molecule is CC1(C)C(/C=C/Nc2ccccc2)=[N+](CCCCCC(=O)O)c2ccc(S(=O)(=O)[O-])cc21.CC1=[N+](c2cccc(S(=O)(=O)[O-])c2)c2cc(S(=O)(=O)[O-])c3cc(S(=O)(=O)[O-])ccc3c2C1(C)C.CC[NH+](CC)CC.CC[NH+](CC)CC. The lowest BCUT2D eigenvalue weighted by Crippen LogP contribution is -3.11. The van der Waals surface area contributed by atoms with Crippen molar-refractivity contribution in [3.8, 4) is 0 Å². The number of aliphatic carboxylic acids is 1. The number of hydrogen-bond donors (Lipinski definition) is 4. The van der Waals surface area contributed by atoms with Gasteiger partial charge in [-0.25, -0.2) is 33.7 Å². The molecule has 7 rings (SSSR count). The molecule has 0 amide bonds. The van der Waals surface area contributed by atoms with E-state index in [0.29, 0.717) is 24.2 Å². The average molecular weight is 1180 g/mol. The molecule has 5 aromatic carbocycles. The summed E-state index contributed by atoms with van der Waals surface area (Å²) >= 11 is 0. The Labute approximate surface area is 473 Å². The van der Waals surface area contributed by atoms with Crippen molar-refractivity contribution in [3.63, 3.8) is 0 Å². The third kappa shape index (κ3) is 16.7. The van der Waals surface area contributed by atoms with Crippen molar-refractivity contribution >= 4 is 91.4 Å². The quantitative estimate of drug-likeness (QED) is 0.0381. The number of nitrogens with one attached hydrogen (secondary N) is 3. The largest absolute Gasteiger partial charge is 0.744 e. The van der Waals surface area contributed by atoms with E-state index in [4.69, 9.17) is 5.11 Å². The van der Waals surface area contributed by atoms with Gasteiger partial charge in [0, 0.05) is 78.5 Å². The van der Waals surface area contributed by atoms with Gasteiger partial charge < -0.3 is 38.4 Å². The molecular formula is C57H77N5O14S4. The van der Waals surface area contributed by atoms with E-state index < -0.39 is 72.0 Å². The second-order valence-corrected chi connectivity index (χ2v) is 25.8. The highest BCUT2D eigenvalue weighted by atomic mass is 32.2. The molecule has 438 valence electrons. The molecule has 2 aliphatic rings. The van der Waals surface area contributed by atoms with E-state index in [1.165, 1.54) is 74.2 Å². The monoisotopic (exact) mass is 1180 g/mol. The van der Waals surface area contributed by atoms with Crippen molar-refractivity contribution in [2.45, 2.75) is 132 Å². The zero-order chi connectivity index (χ0) is 60.2. The van der Waals surface area contributed by atoms with Gasteiger partial charge in [-0.1, -0.05) is 30.3 Å². The van der Waals surface area contributed by atoms with E-state index in [1.807, 2.05) is 56.5 Å². The number of hydrogen-bond acceptors (Lipinski definition) is 14. The number of allylic oxidation sites excluding steroid dienone is 1. The predicted octanol–water partition coefficient (Wildman–Crippen LogP) is 6.24. The highest BCUT2D eigenvalue weighted by Crippen LogP contribution is 2.48. The summed E-state index contributed by atoms with van der Waals surface area (Å²) in [6, 6.07) is 23.6. The summed E-state index contributed by atoms with van der Waals surface area (Å²) in [7, 11) is -19.4. The summed E-state index contributed by atoms with van der Waals surface area (Å²) in [5, 5.41) is 12.1. The van der Waals surface area contributed by atoms with Crippen molar-refractivity contribution in [2.24, 2.45) is 0 Å². The maximum atomic E-state index is 12.2. The molecule has 0 fully saturated rings. The van der Waals surface area contributed by atoms with E-state index in [0.717, 1.165) is 65.8 Å².